The fraction of sp³-hybridized carbons (Fsp3) is 0.714. The van der Waals surface area contributed by atoms with E-state index in [2.05, 4.69) is 4.74 Å². The number of nitrogens with one attached hydrogen (secondary N) is 1. The fourth-order valence-electron chi connectivity index (χ4n) is 0.486. The van der Waals surface area contributed by atoms with Gasteiger partial charge in [0, 0.05) is 11.6 Å². The Morgan fingerprint density at radius 3 is 2.50 bits per heavy atom. The van der Waals surface area contributed by atoms with Crippen LogP contribution in [0.1, 0.15) is 20.3 Å². The molecule has 0 unspecified atom stereocenters. The summed E-state index contributed by atoms with van der Waals surface area (Å²) in [6.07, 6.45) is 0.311. The van der Waals surface area contributed by atoms with E-state index in [0.717, 1.165) is 0 Å². The Kier molecular flexibility index (Phi) is 3.69. The molecule has 0 aliphatic rings. The van der Waals surface area contributed by atoms with Crippen molar-refractivity contribution in [3.63, 3.8) is 0 Å². The minimum Gasteiger partial charge on any atom is -0.469 e. The zero-order valence-corrected chi connectivity index (χ0v) is 6.60. The second-order valence-electron chi connectivity index (χ2n) is 2.36. The van der Waals surface area contributed by atoms with Crippen LogP contribution in [0.15, 0.2) is 0 Å². The number of ether oxygens (including phenoxy) is 1. The summed E-state index contributed by atoms with van der Waals surface area (Å²) in [5, 5.41) is 7.16. The zero-order valence-electron chi connectivity index (χ0n) is 6.60. The molecule has 0 amide bonds. The highest BCUT2D eigenvalue weighted by Gasteiger charge is 2.09. The molecule has 0 aliphatic heterocycles. The van der Waals surface area contributed by atoms with Gasteiger partial charge in [-0.3, -0.25) is 4.79 Å². The van der Waals surface area contributed by atoms with Gasteiger partial charge in [-0.25, -0.2) is 0 Å². The maximum Gasteiger partial charge on any atom is 0.306 e. The molecule has 0 fully saturated rings. The first-order chi connectivity index (χ1) is 4.57. The lowest BCUT2D eigenvalue weighted by Crippen LogP contribution is -2.12. The van der Waals surface area contributed by atoms with E-state index in [9.17, 15) is 4.79 Å². The average Bonchev–Trinajstić information content (AvgIpc) is 1.87. The number of hydrogen-bond donors (Lipinski definition) is 1. The summed E-state index contributed by atoms with van der Waals surface area (Å²) >= 11 is 0. The maximum atomic E-state index is 10.6. The van der Waals surface area contributed by atoms with Gasteiger partial charge in [-0.15, -0.1) is 0 Å². The van der Waals surface area contributed by atoms with Crippen molar-refractivity contribution in [1.29, 1.82) is 5.41 Å². The molecule has 0 saturated carbocycles. The molecule has 0 saturated heterocycles. The first kappa shape index (κ1) is 9.14. The molecule has 58 valence electrons. The molecule has 1 atom stereocenters. The van der Waals surface area contributed by atoms with Crippen LogP contribution < -0.4 is 0 Å². The predicted octanol–water partition coefficient (Wildman–Crippen LogP) is 1.23. The topological polar surface area (TPSA) is 50.2 Å². The molecule has 0 radical (unpaired) electrons. The van der Waals surface area contributed by atoms with Crippen molar-refractivity contribution in [1.82, 2.24) is 0 Å². The molecule has 0 heterocycles. The first-order valence-electron chi connectivity index (χ1n) is 3.19. The van der Waals surface area contributed by atoms with Gasteiger partial charge in [0.05, 0.1) is 13.5 Å². The van der Waals surface area contributed by atoms with Gasteiger partial charge in [0.15, 0.2) is 0 Å². The molecule has 3 nitrogen and oxygen atoms in total. The lowest BCUT2D eigenvalue weighted by Gasteiger charge is -2.06. The van der Waals surface area contributed by atoms with E-state index in [0.29, 0.717) is 12.1 Å². The SMILES string of the molecule is COC(=O)C[C@H](C)C(C)=N. The number of carbonyl (C=O) groups is 1. The summed E-state index contributed by atoms with van der Waals surface area (Å²) in [5.41, 5.74) is 0.519. The summed E-state index contributed by atoms with van der Waals surface area (Å²) in [5.74, 6) is -0.244. The molecule has 0 aromatic heterocycles. The molecular weight excluding hydrogens is 130 g/mol. The van der Waals surface area contributed by atoms with Gasteiger partial charge >= 0.3 is 5.97 Å². The van der Waals surface area contributed by atoms with Gasteiger partial charge in [0.2, 0.25) is 0 Å². The van der Waals surface area contributed by atoms with Crippen molar-refractivity contribution < 1.29 is 9.53 Å². The van der Waals surface area contributed by atoms with Crippen molar-refractivity contribution >= 4 is 11.7 Å². The quantitative estimate of drug-likeness (QED) is 0.477. The van der Waals surface area contributed by atoms with Crippen LogP contribution in [0.3, 0.4) is 0 Å². The van der Waals surface area contributed by atoms with Crippen molar-refractivity contribution in [3.05, 3.63) is 0 Å². The molecule has 0 aromatic rings. The molecule has 3 heteroatoms. The van der Waals surface area contributed by atoms with Gasteiger partial charge in [-0.1, -0.05) is 6.92 Å². The summed E-state index contributed by atoms with van der Waals surface area (Å²) in [4.78, 5) is 10.6. The standard InChI is InChI=1S/C7H13NO2/c1-5(6(2)8)4-7(9)10-3/h5,8H,4H2,1-3H3/t5-/m0/s1. The van der Waals surface area contributed by atoms with E-state index in [1.807, 2.05) is 6.92 Å². The first-order valence-corrected chi connectivity index (χ1v) is 3.19. The van der Waals surface area contributed by atoms with E-state index in [-0.39, 0.29) is 11.9 Å². The number of methoxy groups -OCH3 is 1. The third-order valence-corrected chi connectivity index (χ3v) is 1.44. The van der Waals surface area contributed by atoms with Gasteiger partial charge in [0.25, 0.3) is 0 Å². The van der Waals surface area contributed by atoms with Crippen LogP contribution in [0.4, 0.5) is 0 Å². The normalized spacial score (nSPS) is 12.3. The molecule has 0 spiro atoms. The summed E-state index contributed by atoms with van der Waals surface area (Å²) in [7, 11) is 1.36. The van der Waals surface area contributed by atoms with Crippen molar-refractivity contribution in [3.8, 4) is 0 Å². The zero-order chi connectivity index (χ0) is 8.15. The van der Waals surface area contributed by atoms with E-state index in [1.165, 1.54) is 7.11 Å². The van der Waals surface area contributed by atoms with Crippen molar-refractivity contribution in [2.75, 3.05) is 7.11 Å². The largest absolute Gasteiger partial charge is 0.469 e. The molecule has 1 N–H and O–H groups in total. The number of rotatable bonds is 3. The van der Waals surface area contributed by atoms with E-state index in [4.69, 9.17) is 5.41 Å². The Morgan fingerprint density at radius 1 is 1.70 bits per heavy atom. The van der Waals surface area contributed by atoms with Gasteiger partial charge in [0.1, 0.15) is 0 Å². The third-order valence-electron chi connectivity index (χ3n) is 1.44. The Morgan fingerprint density at radius 2 is 2.20 bits per heavy atom. The van der Waals surface area contributed by atoms with Crippen LogP contribution in [0.2, 0.25) is 0 Å². The van der Waals surface area contributed by atoms with Crippen molar-refractivity contribution in [2.45, 2.75) is 20.3 Å². The highest BCUT2D eigenvalue weighted by molar-refractivity contribution is 5.85. The highest BCUT2D eigenvalue weighted by Crippen LogP contribution is 2.03. The molecule has 0 aliphatic carbocycles. The van der Waals surface area contributed by atoms with Crippen LogP contribution in [-0.4, -0.2) is 18.8 Å². The summed E-state index contributed by atoms with van der Waals surface area (Å²) < 4.78 is 4.44. The fourth-order valence-corrected chi connectivity index (χ4v) is 0.486. The highest BCUT2D eigenvalue weighted by atomic mass is 16.5. The molecule has 10 heavy (non-hydrogen) atoms. The minimum atomic E-state index is -0.251. The average molecular weight is 143 g/mol. The molecule has 0 bridgehead atoms. The number of hydrogen-bond acceptors (Lipinski definition) is 3. The Labute approximate surface area is 60.9 Å². The van der Waals surface area contributed by atoms with Gasteiger partial charge in [-0.05, 0) is 6.92 Å². The summed E-state index contributed by atoms with van der Waals surface area (Å²) in [6.45, 7) is 3.52. The molecular formula is C7H13NO2. The van der Waals surface area contributed by atoms with Crippen LogP contribution in [0, 0.1) is 11.3 Å². The lowest BCUT2D eigenvalue weighted by molar-refractivity contribution is -0.141. The van der Waals surface area contributed by atoms with E-state index in [1.54, 1.807) is 6.92 Å². The number of esters is 1. The van der Waals surface area contributed by atoms with Gasteiger partial charge in [-0.2, -0.15) is 0 Å². The maximum absolute atomic E-state index is 10.6. The molecule has 0 aromatic carbocycles. The molecule has 0 rings (SSSR count). The second-order valence-corrected chi connectivity index (χ2v) is 2.36. The van der Waals surface area contributed by atoms with Crippen LogP contribution in [0.25, 0.3) is 0 Å². The van der Waals surface area contributed by atoms with Crippen LogP contribution in [-0.2, 0) is 9.53 Å². The monoisotopic (exact) mass is 143 g/mol. The minimum absolute atomic E-state index is 0.00690. The van der Waals surface area contributed by atoms with Crippen LogP contribution >= 0.6 is 0 Å². The van der Waals surface area contributed by atoms with Crippen LogP contribution in [0.5, 0.6) is 0 Å². The lowest BCUT2D eigenvalue weighted by atomic mass is 10.0. The third kappa shape index (κ3) is 3.22. The van der Waals surface area contributed by atoms with E-state index >= 15 is 0 Å². The predicted molar refractivity (Wildman–Crippen MR) is 39.2 cm³/mol. The second kappa shape index (κ2) is 4.04. The van der Waals surface area contributed by atoms with E-state index < -0.39 is 0 Å². The smallest absolute Gasteiger partial charge is 0.306 e. The van der Waals surface area contributed by atoms with Gasteiger partial charge < -0.3 is 10.1 Å². The Balaban J connectivity index is 3.68. The number of carbonyl (C=O) groups excluding carboxylic acids is 1. The Hall–Kier alpha value is -0.860. The Bertz CT molecular complexity index is 143. The van der Waals surface area contributed by atoms with Crippen molar-refractivity contribution in [2.24, 2.45) is 5.92 Å². The summed E-state index contributed by atoms with van der Waals surface area (Å²) in [6, 6.07) is 0.